The van der Waals surface area contributed by atoms with E-state index in [-0.39, 0.29) is 0 Å². The third kappa shape index (κ3) is 4.98. The zero-order chi connectivity index (χ0) is 12.8. The van der Waals surface area contributed by atoms with E-state index in [0.717, 1.165) is 39.2 Å². The van der Waals surface area contributed by atoms with Crippen LogP contribution in [0.2, 0.25) is 0 Å². The fourth-order valence-electron chi connectivity index (χ4n) is 1.53. The summed E-state index contributed by atoms with van der Waals surface area (Å²) in [6.07, 6.45) is 2.27. The average molecular weight is 365 g/mol. The molecule has 0 aliphatic carbocycles. The number of hydrogen-bond donors (Lipinski definition) is 1. The van der Waals surface area contributed by atoms with Gasteiger partial charge in [0.05, 0.1) is 15.6 Å². The molecule has 1 aromatic carbocycles. The Kier molecular flexibility index (Phi) is 6.52. The SMILES string of the molecule is CC(C)CCCOc1c(Br)cc(CN)cc1Br. The van der Waals surface area contributed by atoms with Gasteiger partial charge in [0.25, 0.3) is 0 Å². The van der Waals surface area contributed by atoms with E-state index in [1.165, 1.54) is 6.42 Å². The lowest BCUT2D eigenvalue weighted by atomic mass is 10.1. The van der Waals surface area contributed by atoms with Crippen molar-refractivity contribution in [1.82, 2.24) is 0 Å². The van der Waals surface area contributed by atoms with Gasteiger partial charge in [-0.25, -0.2) is 0 Å². The van der Waals surface area contributed by atoms with Crippen LogP contribution < -0.4 is 10.5 Å². The largest absolute Gasteiger partial charge is 0.491 e. The second kappa shape index (κ2) is 7.39. The minimum Gasteiger partial charge on any atom is -0.491 e. The summed E-state index contributed by atoms with van der Waals surface area (Å²) in [7, 11) is 0. The predicted octanol–water partition coefficient (Wildman–Crippen LogP) is 4.49. The molecular formula is C13H19Br2NO. The van der Waals surface area contributed by atoms with E-state index in [1.807, 2.05) is 12.1 Å². The monoisotopic (exact) mass is 363 g/mol. The zero-order valence-electron chi connectivity index (χ0n) is 10.3. The fraction of sp³-hybridized carbons (Fsp3) is 0.538. The molecule has 0 saturated carbocycles. The van der Waals surface area contributed by atoms with Gasteiger partial charge in [0, 0.05) is 6.54 Å². The van der Waals surface area contributed by atoms with E-state index >= 15 is 0 Å². The third-order valence-corrected chi connectivity index (χ3v) is 3.64. The Morgan fingerprint density at radius 3 is 2.29 bits per heavy atom. The summed E-state index contributed by atoms with van der Waals surface area (Å²) in [5.41, 5.74) is 6.69. The Morgan fingerprint density at radius 1 is 1.24 bits per heavy atom. The van der Waals surface area contributed by atoms with Gasteiger partial charge in [-0.15, -0.1) is 0 Å². The topological polar surface area (TPSA) is 35.2 Å². The average Bonchev–Trinajstić information content (AvgIpc) is 2.26. The number of ether oxygens (including phenoxy) is 1. The van der Waals surface area contributed by atoms with Crippen molar-refractivity contribution in [3.05, 3.63) is 26.6 Å². The predicted molar refractivity (Wildman–Crippen MR) is 79.3 cm³/mol. The standard InChI is InChI=1S/C13H19Br2NO/c1-9(2)4-3-5-17-13-11(14)6-10(8-16)7-12(13)15/h6-7,9H,3-5,8,16H2,1-2H3. The molecule has 0 aliphatic rings. The molecule has 0 aromatic heterocycles. The lowest BCUT2D eigenvalue weighted by Crippen LogP contribution is -2.02. The third-order valence-electron chi connectivity index (χ3n) is 2.47. The zero-order valence-corrected chi connectivity index (χ0v) is 13.5. The smallest absolute Gasteiger partial charge is 0.147 e. The maximum atomic E-state index is 5.78. The highest BCUT2D eigenvalue weighted by Gasteiger charge is 2.08. The van der Waals surface area contributed by atoms with Crippen molar-refractivity contribution >= 4 is 31.9 Å². The van der Waals surface area contributed by atoms with Gasteiger partial charge in [-0.3, -0.25) is 0 Å². The number of hydrogen-bond acceptors (Lipinski definition) is 2. The van der Waals surface area contributed by atoms with E-state index in [1.54, 1.807) is 0 Å². The molecule has 0 atom stereocenters. The maximum absolute atomic E-state index is 5.78. The molecule has 1 rings (SSSR count). The highest BCUT2D eigenvalue weighted by molar-refractivity contribution is 9.11. The molecule has 0 fully saturated rings. The van der Waals surface area contributed by atoms with Crippen molar-refractivity contribution in [1.29, 1.82) is 0 Å². The molecule has 2 N–H and O–H groups in total. The lowest BCUT2D eigenvalue weighted by Gasteiger charge is -2.12. The molecule has 96 valence electrons. The summed E-state index contributed by atoms with van der Waals surface area (Å²) in [5.74, 6) is 1.59. The first-order chi connectivity index (χ1) is 8.04. The van der Waals surface area contributed by atoms with Crippen LogP contribution in [-0.2, 0) is 6.54 Å². The van der Waals surface area contributed by atoms with Crippen molar-refractivity contribution in [3.8, 4) is 5.75 Å². The quantitative estimate of drug-likeness (QED) is 0.755. The number of nitrogens with two attached hydrogens (primary N) is 1. The molecule has 0 unspecified atom stereocenters. The van der Waals surface area contributed by atoms with Crippen LogP contribution in [0.5, 0.6) is 5.75 Å². The molecule has 0 spiro atoms. The van der Waals surface area contributed by atoms with Gasteiger partial charge in [-0.1, -0.05) is 13.8 Å². The summed E-state index contributed by atoms with van der Waals surface area (Å²) in [4.78, 5) is 0. The van der Waals surface area contributed by atoms with E-state index in [0.29, 0.717) is 6.54 Å². The van der Waals surface area contributed by atoms with Crippen molar-refractivity contribution < 1.29 is 4.74 Å². The van der Waals surface area contributed by atoms with E-state index in [9.17, 15) is 0 Å². The van der Waals surface area contributed by atoms with Crippen molar-refractivity contribution in [2.75, 3.05) is 6.61 Å². The first kappa shape index (κ1) is 15.0. The van der Waals surface area contributed by atoms with Crippen LogP contribution in [0.25, 0.3) is 0 Å². The van der Waals surface area contributed by atoms with Crippen LogP contribution in [0, 0.1) is 5.92 Å². The molecule has 0 bridgehead atoms. The first-order valence-electron chi connectivity index (χ1n) is 5.85. The fourth-order valence-corrected chi connectivity index (χ4v) is 3.04. The van der Waals surface area contributed by atoms with Crippen molar-refractivity contribution in [2.24, 2.45) is 11.7 Å². The Hall–Kier alpha value is -0.0600. The molecule has 0 heterocycles. The summed E-state index contributed by atoms with van der Waals surface area (Å²) in [6.45, 7) is 5.73. The Morgan fingerprint density at radius 2 is 1.82 bits per heavy atom. The van der Waals surface area contributed by atoms with Crippen LogP contribution in [0.4, 0.5) is 0 Å². The molecule has 0 radical (unpaired) electrons. The first-order valence-corrected chi connectivity index (χ1v) is 7.44. The van der Waals surface area contributed by atoms with Crippen LogP contribution in [-0.4, -0.2) is 6.61 Å². The van der Waals surface area contributed by atoms with Crippen molar-refractivity contribution in [3.63, 3.8) is 0 Å². The van der Waals surface area contributed by atoms with Crippen LogP contribution in [0.15, 0.2) is 21.1 Å². The molecule has 1 aromatic rings. The van der Waals surface area contributed by atoms with E-state index in [2.05, 4.69) is 45.7 Å². The summed E-state index contributed by atoms with van der Waals surface area (Å²) < 4.78 is 7.69. The molecule has 17 heavy (non-hydrogen) atoms. The second-order valence-corrected chi connectivity index (χ2v) is 6.19. The molecular weight excluding hydrogens is 346 g/mol. The second-order valence-electron chi connectivity index (χ2n) is 4.48. The van der Waals surface area contributed by atoms with Gasteiger partial charge in [0.2, 0.25) is 0 Å². The van der Waals surface area contributed by atoms with Crippen molar-refractivity contribution in [2.45, 2.75) is 33.2 Å². The van der Waals surface area contributed by atoms with Gasteiger partial charge in [0.1, 0.15) is 5.75 Å². The number of halogens is 2. The van der Waals surface area contributed by atoms with E-state index < -0.39 is 0 Å². The van der Waals surface area contributed by atoms with E-state index in [4.69, 9.17) is 10.5 Å². The van der Waals surface area contributed by atoms with Crippen LogP contribution in [0.1, 0.15) is 32.3 Å². The maximum Gasteiger partial charge on any atom is 0.147 e. The van der Waals surface area contributed by atoms with Gasteiger partial charge >= 0.3 is 0 Å². The molecule has 0 saturated heterocycles. The van der Waals surface area contributed by atoms with Gasteiger partial charge in [0.15, 0.2) is 0 Å². The number of benzene rings is 1. The highest BCUT2D eigenvalue weighted by atomic mass is 79.9. The molecule has 4 heteroatoms. The van der Waals surface area contributed by atoms with Crippen LogP contribution in [0.3, 0.4) is 0 Å². The summed E-state index contributed by atoms with van der Waals surface area (Å²) in [6, 6.07) is 4.01. The molecule has 2 nitrogen and oxygen atoms in total. The summed E-state index contributed by atoms with van der Waals surface area (Å²) in [5, 5.41) is 0. The minimum absolute atomic E-state index is 0.533. The Balaban J connectivity index is 2.59. The molecule has 0 amide bonds. The normalized spacial score (nSPS) is 10.9. The lowest BCUT2D eigenvalue weighted by molar-refractivity contribution is 0.294. The summed E-state index contributed by atoms with van der Waals surface area (Å²) >= 11 is 7.02. The van der Waals surface area contributed by atoms with Gasteiger partial charge < -0.3 is 10.5 Å². The highest BCUT2D eigenvalue weighted by Crippen LogP contribution is 2.34. The molecule has 0 aliphatic heterocycles. The Bertz CT molecular complexity index is 343. The van der Waals surface area contributed by atoms with Crippen LogP contribution >= 0.6 is 31.9 Å². The minimum atomic E-state index is 0.533. The Labute approximate surface area is 120 Å². The number of rotatable bonds is 6. The van der Waals surface area contributed by atoms with Gasteiger partial charge in [-0.2, -0.15) is 0 Å². The van der Waals surface area contributed by atoms with Gasteiger partial charge in [-0.05, 0) is 68.3 Å².